The van der Waals surface area contributed by atoms with Crippen molar-refractivity contribution in [3.05, 3.63) is 47.3 Å². The third-order valence-electron chi connectivity index (χ3n) is 5.58. The Labute approximate surface area is 164 Å². The van der Waals surface area contributed by atoms with E-state index in [4.69, 9.17) is 9.15 Å². The van der Waals surface area contributed by atoms with E-state index in [1.165, 1.54) is 0 Å². The van der Waals surface area contributed by atoms with Gasteiger partial charge in [-0.1, -0.05) is 30.3 Å². The first kappa shape index (κ1) is 18.8. The highest BCUT2D eigenvalue weighted by Gasteiger charge is 2.43. The van der Waals surface area contributed by atoms with Crippen molar-refractivity contribution in [2.24, 2.45) is 11.8 Å². The van der Waals surface area contributed by atoms with Crippen LogP contribution in [-0.2, 0) is 16.9 Å². The minimum Gasteiger partial charge on any atom is -0.445 e. The standard InChI is InChI=1S/C21H27N3O4/c1-14-18(21(2,3)26)22-19(28-14)23-9-16-11-24(12-17(16)10-23)20(25)27-13-15-7-5-4-6-8-15/h4-8,16-17,26H,9-13H2,1-3H3/t16-,17+. The van der Waals surface area contributed by atoms with Crippen LogP contribution in [0.5, 0.6) is 0 Å². The second-order valence-corrected chi connectivity index (χ2v) is 8.33. The molecule has 1 aromatic heterocycles. The molecule has 2 aliphatic rings. The maximum absolute atomic E-state index is 12.4. The Kier molecular flexibility index (Phi) is 4.79. The molecule has 1 N–H and O–H groups in total. The van der Waals surface area contributed by atoms with Gasteiger partial charge in [-0.15, -0.1) is 0 Å². The number of rotatable bonds is 4. The zero-order valence-corrected chi connectivity index (χ0v) is 16.6. The van der Waals surface area contributed by atoms with Crippen LogP contribution < -0.4 is 4.90 Å². The molecule has 2 atom stereocenters. The smallest absolute Gasteiger partial charge is 0.410 e. The fourth-order valence-corrected chi connectivity index (χ4v) is 4.19. The quantitative estimate of drug-likeness (QED) is 0.872. The number of likely N-dealkylation sites (tertiary alicyclic amines) is 1. The highest BCUT2D eigenvalue weighted by molar-refractivity contribution is 5.68. The van der Waals surface area contributed by atoms with Crippen molar-refractivity contribution in [1.29, 1.82) is 0 Å². The summed E-state index contributed by atoms with van der Waals surface area (Å²) in [6, 6.07) is 10.3. The molecular weight excluding hydrogens is 358 g/mol. The number of nitrogens with zero attached hydrogens (tertiary/aromatic N) is 3. The summed E-state index contributed by atoms with van der Waals surface area (Å²) in [6.45, 7) is 8.49. The number of hydrogen-bond acceptors (Lipinski definition) is 6. The molecule has 2 saturated heterocycles. The van der Waals surface area contributed by atoms with E-state index in [-0.39, 0.29) is 6.09 Å². The molecule has 7 heteroatoms. The molecular formula is C21H27N3O4. The summed E-state index contributed by atoms with van der Waals surface area (Å²) in [6.07, 6.45) is -0.249. The van der Waals surface area contributed by atoms with E-state index in [1.54, 1.807) is 18.7 Å². The summed E-state index contributed by atoms with van der Waals surface area (Å²) in [4.78, 5) is 20.8. The summed E-state index contributed by atoms with van der Waals surface area (Å²) in [5, 5.41) is 10.2. The molecule has 2 aromatic rings. The Hall–Kier alpha value is -2.54. The molecule has 1 aromatic carbocycles. The van der Waals surface area contributed by atoms with Gasteiger partial charge in [0.2, 0.25) is 0 Å². The number of benzene rings is 1. The Balaban J connectivity index is 1.33. The number of amides is 1. The Morgan fingerprint density at radius 2 is 1.86 bits per heavy atom. The Morgan fingerprint density at radius 1 is 1.21 bits per heavy atom. The minimum absolute atomic E-state index is 0.249. The molecule has 7 nitrogen and oxygen atoms in total. The normalized spacial score (nSPS) is 21.9. The van der Waals surface area contributed by atoms with Crippen LogP contribution >= 0.6 is 0 Å². The number of carbonyl (C=O) groups is 1. The van der Waals surface area contributed by atoms with Crippen molar-refractivity contribution in [1.82, 2.24) is 9.88 Å². The lowest BCUT2D eigenvalue weighted by Gasteiger charge is -2.20. The zero-order chi connectivity index (χ0) is 19.9. The largest absolute Gasteiger partial charge is 0.445 e. The summed E-state index contributed by atoms with van der Waals surface area (Å²) in [5.74, 6) is 1.40. The lowest BCUT2D eigenvalue weighted by Crippen LogP contribution is -2.33. The fraction of sp³-hybridized carbons (Fsp3) is 0.524. The molecule has 1 amide bonds. The Bertz CT molecular complexity index is 829. The van der Waals surface area contributed by atoms with Gasteiger partial charge in [-0.3, -0.25) is 0 Å². The number of anilines is 1. The number of aryl methyl sites for hydroxylation is 1. The van der Waals surface area contributed by atoms with E-state index in [0.717, 1.165) is 18.7 Å². The van der Waals surface area contributed by atoms with Gasteiger partial charge in [-0.25, -0.2) is 4.79 Å². The number of fused-ring (bicyclic) bond motifs is 1. The van der Waals surface area contributed by atoms with Crippen LogP contribution in [0.1, 0.15) is 30.9 Å². The highest BCUT2D eigenvalue weighted by Crippen LogP contribution is 2.35. The average molecular weight is 385 g/mol. The predicted octanol–water partition coefficient (Wildman–Crippen LogP) is 2.92. The fourth-order valence-electron chi connectivity index (χ4n) is 4.19. The maximum Gasteiger partial charge on any atom is 0.410 e. The molecule has 28 heavy (non-hydrogen) atoms. The van der Waals surface area contributed by atoms with E-state index < -0.39 is 5.60 Å². The Morgan fingerprint density at radius 3 is 2.43 bits per heavy atom. The van der Waals surface area contributed by atoms with Crippen molar-refractivity contribution in [3.63, 3.8) is 0 Å². The molecule has 3 heterocycles. The lowest BCUT2D eigenvalue weighted by molar-refractivity contribution is 0.0728. The molecule has 0 aliphatic carbocycles. The van der Waals surface area contributed by atoms with Crippen molar-refractivity contribution >= 4 is 12.1 Å². The summed E-state index contributed by atoms with van der Waals surface area (Å²) in [7, 11) is 0. The van der Waals surface area contributed by atoms with Crippen LogP contribution in [0.15, 0.2) is 34.7 Å². The van der Waals surface area contributed by atoms with Gasteiger partial charge < -0.3 is 24.1 Å². The van der Waals surface area contributed by atoms with Crippen molar-refractivity contribution < 1.29 is 19.1 Å². The van der Waals surface area contributed by atoms with Gasteiger partial charge in [-0.05, 0) is 26.3 Å². The average Bonchev–Trinajstić information content (AvgIpc) is 3.32. The van der Waals surface area contributed by atoms with Crippen LogP contribution in [-0.4, -0.2) is 47.3 Å². The number of oxazole rings is 1. The molecule has 0 unspecified atom stereocenters. The van der Waals surface area contributed by atoms with Gasteiger partial charge in [0.25, 0.3) is 6.01 Å². The van der Waals surface area contributed by atoms with Gasteiger partial charge in [0.05, 0.1) is 0 Å². The van der Waals surface area contributed by atoms with E-state index >= 15 is 0 Å². The predicted molar refractivity (Wildman–Crippen MR) is 104 cm³/mol. The number of hydrogen-bond donors (Lipinski definition) is 1. The van der Waals surface area contributed by atoms with E-state index in [9.17, 15) is 9.90 Å². The molecule has 0 radical (unpaired) electrons. The van der Waals surface area contributed by atoms with Gasteiger partial charge in [-0.2, -0.15) is 4.98 Å². The SMILES string of the molecule is Cc1oc(N2C[C@H]3CN(C(=O)OCc4ccccc4)C[C@H]3C2)nc1C(C)(C)O. The van der Waals surface area contributed by atoms with E-state index in [2.05, 4.69) is 9.88 Å². The molecule has 2 fully saturated rings. The van der Waals surface area contributed by atoms with Gasteiger partial charge >= 0.3 is 6.09 Å². The molecule has 0 saturated carbocycles. The summed E-state index contributed by atoms with van der Waals surface area (Å²) < 4.78 is 11.3. The minimum atomic E-state index is -1.03. The molecule has 4 rings (SSSR count). The van der Waals surface area contributed by atoms with Crippen molar-refractivity contribution in [3.8, 4) is 0 Å². The van der Waals surface area contributed by atoms with Crippen molar-refractivity contribution in [2.45, 2.75) is 33.0 Å². The first-order valence-corrected chi connectivity index (χ1v) is 9.72. The topological polar surface area (TPSA) is 79.0 Å². The van der Waals surface area contributed by atoms with Crippen molar-refractivity contribution in [2.75, 3.05) is 31.1 Å². The third-order valence-corrected chi connectivity index (χ3v) is 5.58. The van der Waals surface area contributed by atoms with E-state index in [1.807, 2.05) is 37.3 Å². The summed E-state index contributed by atoms with van der Waals surface area (Å²) in [5.41, 5.74) is 0.537. The van der Waals surface area contributed by atoms with Crippen LogP contribution in [0.3, 0.4) is 0 Å². The second kappa shape index (κ2) is 7.13. The van der Waals surface area contributed by atoms with Gasteiger partial charge in [0.1, 0.15) is 23.7 Å². The monoisotopic (exact) mass is 385 g/mol. The van der Waals surface area contributed by atoms with Gasteiger partial charge in [0.15, 0.2) is 0 Å². The maximum atomic E-state index is 12.4. The molecule has 0 spiro atoms. The molecule has 0 bridgehead atoms. The van der Waals surface area contributed by atoms with Crippen LogP contribution in [0, 0.1) is 18.8 Å². The summed E-state index contributed by atoms with van der Waals surface area (Å²) >= 11 is 0. The first-order chi connectivity index (χ1) is 13.3. The number of aromatic nitrogens is 1. The number of carbonyl (C=O) groups excluding carboxylic acids is 1. The molecule has 150 valence electrons. The molecule has 2 aliphatic heterocycles. The number of ether oxygens (including phenoxy) is 1. The second-order valence-electron chi connectivity index (χ2n) is 8.33. The van der Waals surface area contributed by atoms with Gasteiger partial charge in [0, 0.05) is 38.0 Å². The lowest BCUT2D eigenvalue weighted by atomic mass is 10.0. The van der Waals surface area contributed by atoms with Crippen LogP contribution in [0.4, 0.5) is 10.8 Å². The highest BCUT2D eigenvalue weighted by atomic mass is 16.6. The van der Waals surface area contributed by atoms with E-state index in [0.29, 0.717) is 49.0 Å². The van der Waals surface area contributed by atoms with Crippen LogP contribution in [0.25, 0.3) is 0 Å². The third kappa shape index (κ3) is 3.71. The number of aliphatic hydroxyl groups is 1. The first-order valence-electron chi connectivity index (χ1n) is 9.72. The zero-order valence-electron chi connectivity index (χ0n) is 16.6. The van der Waals surface area contributed by atoms with Crippen LogP contribution in [0.2, 0.25) is 0 Å².